The second-order valence-corrected chi connectivity index (χ2v) is 12.5. The van der Waals surface area contributed by atoms with E-state index in [-0.39, 0.29) is 0 Å². The Kier molecular flexibility index (Phi) is 6.04. The summed E-state index contributed by atoms with van der Waals surface area (Å²) in [6.07, 6.45) is 19.7. The van der Waals surface area contributed by atoms with E-state index in [4.69, 9.17) is 0 Å². The van der Waals surface area contributed by atoms with Gasteiger partial charge < -0.3 is 5.11 Å². The predicted molar refractivity (Wildman–Crippen MR) is 124 cm³/mol. The molecular formula is C28H48O. The zero-order valence-corrected chi connectivity index (χ0v) is 20.1. The Morgan fingerprint density at radius 2 is 1.83 bits per heavy atom. The summed E-state index contributed by atoms with van der Waals surface area (Å²) in [6, 6.07) is 0. The van der Waals surface area contributed by atoms with Crippen LogP contribution in [0.5, 0.6) is 0 Å². The molecule has 3 saturated carbocycles. The van der Waals surface area contributed by atoms with Gasteiger partial charge >= 0.3 is 0 Å². The molecule has 29 heavy (non-hydrogen) atoms. The maximum atomic E-state index is 11.0. The van der Waals surface area contributed by atoms with Gasteiger partial charge in [0.1, 0.15) is 0 Å². The molecule has 4 rings (SSSR count). The molecule has 1 heteroatoms. The first kappa shape index (κ1) is 21.9. The normalized spacial score (nSPS) is 46.8. The standard InChI is InChI=1S/C28H48O/c1-6-28(29)18-17-27(5)22(19-28)11-13-23-24-14-12-21(10-8-7-9-20(2)3)26(24,4)16-15-25(23)27/h11,20-21,23-25,29H,6-10,12-19H2,1-5H3/t21-,23-,24-,25-,26+,27-,28-/m0/s1. The Balaban J connectivity index is 1.46. The maximum absolute atomic E-state index is 11.0. The third-order valence-electron chi connectivity index (χ3n) is 10.7. The van der Waals surface area contributed by atoms with E-state index in [1.54, 1.807) is 5.57 Å². The van der Waals surface area contributed by atoms with Crippen LogP contribution in [-0.4, -0.2) is 10.7 Å². The lowest BCUT2D eigenvalue weighted by molar-refractivity contribution is -0.0716. The van der Waals surface area contributed by atoms with Crippen LogP contribution in [0.2, 0.25) is 0 Å². The lowest BCUT2D eigenvalue weighted by Gasteiger charge is -2.59. The molecule has 0 unspecified atom stereocenters. The van der Waals surface area contributed by atoms with Crippen LogP contribution in [0.4, 0.5) is 0 Å². The monoisotopic (exact) mass is 400 g/mol. The van der Waals surface area contributed by atoms with Crippen molar-refractivity contribution in [1.82, 2.24) is 0 Å². The average Bonchev–Trinajstić information content (AvgIpc) is 3.02. The molecule has 0 aliphatic heterocycles. The van der Waals surface area contributed by atoms with E-state index in [0.29, 0.717) is 10.8 Å². The summed E-state index contributed by atoms with van der Waals surface area (Å²) in [5.74, 6) is 4.59. The van der Waals surface area contributed by atoms with E-state index < -0.39 is 5.60 Å². The number of hydrogen-bond donors (Lipinski definition) is 1. The van der Waals surface area contributed by atoms with Crippen molar-refractivity contribution in [2.75, 3.05) is 0 Å². The van der Waals surface area contributed by atoms with Gasteiger partial charge in [0.05, 0.1) is 5.60 Å². The molecule has 0 bridgehead atoms. The van der Waals surface area contributed by atoms with Crippen molar-refractivity contribution >= 4 is 0 Å². The molecule has 0 amide bonds. The topological polar surface area (TPSA) is 20.2 Å². The Morgan fingerprint density at radius 1 is 1.03 bits per heavy atom. The Hall–Kier alpha value is -0.300. The van der Waals surface area contributed by atoms with Gasteiger partial charge in [-0.15, -0.1) is 0 Å². The van der Waals surface area contributed by atoms with Crippen LogP contribution in [0.3, 0.4) is 0 Å². The average molecular weight is 401 g/mol. The molecule has 0 aromatic heterocycles. The smallest absolute Gasteiger partial charge is 0.0682 e. The zero-order valence-electron chi connectivity index (χ0n) is 20.1. The molecule has 1 N–H and O–H groups in total. The van der Waals surface area contributed by atoms with Crippen LogP contribution < -0.4 is 0 Å². The summed E-state index contributed by atoms with van der Waals surface area (Å²) in [4.78, 5) is 0. The van der Waals surface area contributed by atoms with Crippen LogP contribution in [0.1, 0.15) is 118 Å². The van der Waals surface area contributed by atoms with Gasteiger partial charge in [0.2, 0.25) is 0 Å². The van der Waals surface area contributed by atoms with Gasteiger partial charge in [0.15, 0.2) is 0 Å². The molecule has 0 aromatic carbocycles. The van der Waals surface area contributed by atoms with Crippen LogP contribution in [0.15, 0.2) is 11.6 Å². The van der Waals surface area contributed by atoms with Crippen molar-refractivity contribution in [2.24, 2.45) is 40.4 Å². The number of unbranched alkanes of at least 4 members (excludes halogenated alkanes) is 1. The van der Waals surface area contributed by atoms with Crippen molar-refractivity contribution in [2.45, 2.75) is 124 Å². The van der Waals surface area contributed by atoms with Crippen LogP contribution in [-0.2, 0) is 0 Å². The van der Waals surface area contributed by atoms with Crippen molar-refractivity contribution in [1.29, 1.82) is 0 Å². The number of hydrogen-bond acceptors (Lipinski definition) is 1. The summed E-state index contributed by atoms with van der Waals surface area (Å²) in [5.41, 5.74) is 2.19. The molecule has 0 aromatic rings. The Labute approximate surface area is 181 Å². The van der Waals surface area contributed by atoms with Crippen LogP contribution in [0.25, 0.3) is 0 Å². The first-order valence-electron chi connectivity index (χ1n) is 13.1. The van der Waals surface area contributed by atoms with Gasteiger partial charge in [-0.05, 0) is 105 Å². The van der Waals surface area contributed by atoms with Crippen molar-refractivity contribution in [3.05, 3.63) is 11.6 Å². The quantitative estimate of drug-likeness (QED) is 0.354. The van der Waals surface area contributed by atoms with E-state index in [0.717, 1.165) is 48.9 Å². The minimum Gasteiger partial charge on any atom is -0.390 e. The highest BCUT2D eigenvalue weighted by Crippen LogP contribution is 2.67. The van der Waals surface area contributed by atoms with Crippen molar-refractivity contribution in [3.8, 4) is 0 Å². The van der Waals surface area contributed by atoms with Gasteiger partial charge in [-0.3, -0.25) is 0 Å². The minimum atomic E-state index is -0.421. The summed E-state index contributed by atoms with van der Waals surface area (Å²) in [7, 11) is 0. The van der Waals surface area contributed by atoms with Crippen molar-refractivity contribution in [3.63, 3.8) is 0 Å². The number of allylic oxidation sites excluding steroid dienone is 1. The molecule has 0 saturated heterocycles. The van der Waals surface area contributed by atoms with E-state index in [1.165, 1.54) is 64.2 Å². The van der Waals surface area contributed by atoms with Crippen molar-refractivity contribution < 1.29 is 5.11 Å². The summed E-state index contributed by atoms with van der Waals surface area (Å²) >= 11 is 0. The summed E-state index contributed by atoms with van der Waals surface area (Å²) < 4.78 is 0. The number of rotatable bonds is 6. The third kappa shape index (κ3) is 3.77. The fraction of sp³-hybridized carbons (Fsp3) is 0.929. The molecule has 4 aliphatic rings. The number of fused-ring (bicyclic) bond motifs is 5. The first-order valence-corrected chi connectivity index (χ1v) is 13.1. The molecule has 7 atom stereocenters. The lowest BCUT2D eigenvalue weighted by Crippen LogP contribution is -2.52. The fourth-order valence-corrected chi connectivity index (χ4v) is 8.54. The van der Waals surface area contributed by atoms with Gasteiger partial charge in [0.25, 0.3) is 0 Å². The molecular weight excluding hydrogens is 352 g/mol. The van der Waals surface area contributed by atoms with Gasteiger partial charge in [-0.25, -0.2) is 0 Å². The molecule has 4 aliphatic carbocycles. The van der Waals surface area contributed by atoms with Crippen LogP contribution >= 0.6 is 0 Å². The lowest BCUT2D eigenvalue weighted by atomic mass is 9.46. The summed E-state index contributed by atoms with van der Waals surface area (Å²) in [6.45, 7) is 12.2. The van der Waals surface area contributed by atoms with E-state index >= 15 is 0 Å². The van der Waals surface area contributed by atoms with E-state index in [9.17, 15) is 5.11 Å². The molecule has 0 spiro atoms. The summed E-state index contributed by atoms with van der Waals surface area (Å²) in [5, 5.41) is 11.0. The first-order chi connectivity index (χ1) is 13.7. The highest BCUT2D eigenvalue weighted by Gasteiger charge is 2.59. The predicted octanol–water partition coefficient (Wildman–Crippen LogP) is 7.92. The molecule has 3 fully saturated rings. The number of aliphatic hydroxyl groups is 1. The minimum absolute atomic E-state index is 0.376. The largest absolute Gasteiger partial charge is 0.390 e. The second-order valence-electron chi connectivity index (χ2n) is 12.5. The molecule has 0 radical (unpaired) electrons. The fourth-order valence-electron chi connectivity index (χ4n) is 8.54. The SMILES string of the molecule is CC[C@]1(O)CC[C@@]2(C)C(=CC[C@H]3[C@@H]4CC[C@H](CCCCC(C)C)[C@@]4(C)CC[C@@H]32)C1. The Bertz CT molecular complexity index is 620. The highest BCUT2D eigenvalue weighted by atomic mass is 16.3. The van der Waals surface area contributed by atoms with E-state index in [2.05, 4.69) is 40.7 Å². The van der Waals surface area contributed by atoms with Gasteiger partial charge in [-0.1, -0.05) is 65.5 Å². The zero-order chi connectivity index (χ0) is 20.9. The molecule has 166 valence electrons. The Morgan fingerprint density at radius 3 is 2.55 bits per heavy atom. The van der Waals surface area contributed by atoms with Gasteiger partial charge in [0, 0.05) is 0 Å². The maximum Gasteiger partial charge on any atom is 0.0682 e. The second kappa shape index (κ2) is 7.99. The van der Waals surface area contributed by atoms with E-state index in [1.807, 2.05) is 0 Å². The highest BCUT2D eigenvalue weighted by molar-refractivity contribution is 5.27. The molecule has 0 heterocycles. The van der Waals surface area contributed by atoms with Crippen LogP contribution in [0, 0.1) is 40.4 Å². The molecule has 1 nitrogen and oxygen atoms in total. The van der Waals surface area contributed by atoms with Gasteiger partial charge in [-0.2, -0.15) is 0 Å². The third-order valence-corrected chi connectivity index (χ3v) is 10.7.